The molecule has 0 amide bonds. The van der Waals surface area contributed by atoms with E-state index in [1.165, 1.54) is 37.2 Å². The first-order valence-electron chi connectivity index (χ1n) is 13.3. The molecule has 0 aliphatic heterocycles. The fourth-order valence-corrected chi connectivity index (χ4v) is 6.20. The van der Waals surface area contributed by atoms with E-state index in [1.54, 1.807) is 12.1 Å². The monoisotopic (exact) mass is 585 g/mol. The Balaban J connectivity index is 1.26. The number of pyridine rings is 1. The molecule has 12 nitrogen and oxygen atoms in total. The Morgan fingerprint density at radius 2 is 1.80 bits per heavy atom. The molecule has 4 heterocycles. The summed E-state index contributed by atoms with van der Waals surface area (Å²) in [4.78, 5) is 13.2. The minimum Gasteiger partial charge on any atom is -0.490 e. The van der Waals surface area contributed by atoms with Gasteiger partial charge in [-0.2, -0.15) is 23.1 Å². The molecule has 15 heteroatoms. The normalized spacial score (nSPS) is 21.2. The summed E-state index contributed by atoms with van der Waals surface area (Å²) < 4.78 is 59.3. The van der Waals surface area contributed by atoms with E-state index in [0.717, 1.165) is 29.8 Å². The van der Waals surface area contributed by atoms with Gasteiger partial charge in [0.1, 0.15) is 17.4 Å². The molecule has 0 radical (unpaired) electrons. The topological polar surface area (TPSA) is 156 Å². The average molecular weight is 586 g/mol. The van der Waals surface area contributed by atoms with Gasteiger partial charge < -0.3 is 15.8 Å². The molecule has 41 heavy (non-hydrogen) atoms. The lowest BCUT2D eigenvalue weighted by atomic mass is 9.83. The highest BCUT2D eigenvalue weighted by Gasteiger charge is 2.37. The number of nitrogens with two attached hydrogens (primary N) is 1. The van der Waals surface area contributed by atoms with E-state index in [-0.39, 0.29) is 17.5 Å². The number of aromatic nitrogens is 7. The van der Waals surface area contributed by atoms with Crippen LogP contribution >= 0.6 is 0 Å². The largest absolute Gasteiger partial charge is 0.490 e. The molecule has 2 aliphatic carbocycles. The third-order valence-corrected chi connectivity index (χ3v) is 9.32. The van der Waals surface area contributed by atoms with Crippen molar-refractivity contribution < 1.29 is 21.9 Å². The molecular formula is C26H29F2N9O3S. The molecule has 4 aromatic heterocycles. The van der Waals surface area contributed by atoms with Crippen molar-refractivity contribution in [2.75, 3.05) is 5.32 Å². The average Bonchev–Trinajstić information content (AvgIpc) is 3.48. The third-order valence-electron chi connectivity index (χ3n) is 7.28. The highest BCUT2D eigenvalue weighted by molar-refractivity contribution is 7.90. The van der Waals surface area contributed by atoms with Gasteiger partial charge in [-0.25, -0.2) is 28.1 Å². The SMILES string of the molecule is CC1(N)CCC(Oc2cc(Nc3ccnc(-c4cnn(S(=O)(=O)C5CC5)c4)n3)ncc2-c2cnn(C(F)F)c2)CC1. The van der Waals surface area contributed by atoms with Crippen molar-refractivity contribution in [2.24, 2.45) is 5.73 Å². The Hall–Kier alpha value is -3.98. The lowest BCUT2D eigenvalue weighted by molar-refractivity contribution is 0.0566. The van der Waals surface area contributed by atoms with Crippen LogP contribution in [0.1, 0.15) is 52.0 Å². The maximum Gasteiger partial charge on any atom is 0.333 e. The van der Waals surface area contributed by atoms with Gasteiger partial charge in [0, 0.05) is 41.3 Å². The molecule has 2 fully saturated rings. The van der Waals surface area contributed by atoms with Crippen LogP contribution < -0.4 is 15.8 Å². The van der Waals surface area contributed by atoms with Crippen LogP contribution in [-0.4, -0.2) is 59.2 Å². The van der Waals surface area contributed by atoms with Gasteiger partial charge in [-0.15, -0.1) is 0 Å². The first-order valence-corrected chi connectivity index (χ1v) is 14.8. The van der Waals surface area contributed by atoms with E-state index in [0.29, 0.717) is 51.6 Å². The van der Waals surface area contributed by atoms with Gasteiger partial charge in [-0.1, -0.05) is 0 Å². The van der Waals surface area contributed by atoms with Crippen LogP contribution in [0.15, 0.2) is 49.3 Å². The van der Waals surface area contributed by atoms with Gasteiger partial charge in [0.15, 0.2) is 5.82 Å². The molecule has 4 aromatic rings. The molecule has 6 rings (SSSR count). The molecule has 3 N–H and O–H groups in total. The van der Waals surface area contributed by atoms with Gasteiger partial charge in [0.25, 0.3) is 10.0 Å². The zero-order valence-corrected chi connectivity index (χ0v) is 23.0. The fraction of sp³-hybridized carbons (Fsp3) is 0.423. The lowest BCUT2D eigenvalue weighted by Gasteiger charge is -2.34. The van der Waals surface area contributed by atoms with Gasteiger partial charge in [0.05, 0.1) is 35.5 Å². The van der Waals surface area contributed by atoms with Gasteiger partial charge >= 0.3 is 6.55 Å². The molecule has 2 aliphatic rings. The highest BCUT2D eigenvalue weighted by Crippen LogP contribution is 2.36. The number of halogens is 2. The van der Waals surface area contributed by atoms with Crippen molar-refractivity contribution in [1.29, 1.82) is 0 Å². The van der Waals surface area contributed by atoms with Crippen LogP contribution in [0.5, 0.6) is 5.75 Å². The Bertz CT molecular complexity index is 1660. The first-order chi connectivity index (χ1) is 19.6. The Labute approximate surface area is 235 Å². The number of anilines is 2. The Kier molecular flexibility index (Phi) is 6.93. The van der Waals surface area contributed by atoms with E-state index in [4.69, 9.17) is 10.5 Å². The quantitative estimate of drug-likeness (QED) is 0.293. The summed E-state index contributed by atoms with van der Waals surface area (Å²) in [7, 11) is -3.51. The maximum atomic E-state index is 13.2. The van der Waals surface area contributed by atoms with E-state index < -0.39 is 21.8 Å². The van der Waals surface area contributed by atoms with Crippen molar-refractivity contribution in [2.45, 2.75) is 68.9 Å². The van der Waals surface area contributed by atoms with Crippen molar-refractivity contribution in [3.63, 3.8) is 0 Å². The predicted octanol–water partition coefficient (Wildman–Crippen LogP) is 4.12. The molecule has 0 atom stereocenters. The van der Waals surface area contributed by atoms with E-state index in [9.17, 15) is 17.2 Å². The molecule has 0 spiro atoms. The van der Waals surface area contributed by atoms with Crippen molar-refractivity contribution >= 4 is 21.7 Å². The lowest BCUT2D eigenvalue weighted by Crippen LogP contribution is -2.42. The second-order valence-corrected chi connectivity index (χ2v) is 12.8. The number of hydrogen-bond acceptors (Lipinski definition) is 10. The minimum absolute atomic E-state index is 0.0973. The first kappa shape index (κ1) is 27.2. The van der Waals surface area contributed by atoms with Gasteiger partial charge in [0.2, 0.25) is 0 Å². The van der Waals surface area contributed by atoms with Crippen molar-refractivity contribution in [1.82, 2.24) is 33.9 Å². The van der Waals surface area contributed by atoms with E-state index in [2.05, 4.69) is 30.5 Å². The number of nitrogens with zero attached hydrogens (tertiary/aromatic N) is 7. The summed E-state index contributed by atoms with van der Waals surface area (Å²) in [5, 5.41) is 10.5. The van der Waals surface area contributed by atoms with Crippen LogP contribution in [0.2, 0.25) is 0 Å². The highest BCUT2D eigenvalue weighted by atomic mass is 32.2. The maximum absolute atomic E-state index is 13.2. The molecular weight excluding hydrogens is 556 g/mol. The summed E-state index contributed by atoms with van der Waals surface area (Å²) in [6.45, 7) is -0.745. The number of alkyl halides is 2. The van der Waals surface area contributed by atoms with Crippen LogP contribution in [0.4, 0.5) is 20.4 Å². The summed E-state index contributed by atoms with van der Waals surface area (Å²) in [5.74, 6) is 1.55. The third kappa shape index (κ3) is 5.91. The molecule has 2 saturated carbocycles. The number of hydrogen-bond donors (Lipinski definition) is 2. The molecule has 0 bridgehead atoms. The van der Waals surface area contributed by atoms with E-state index in [1.807, 2.05) is 6.92 Å². The zero-order chi connectivity index (χ0) is 28.8. The Morgan fingerprint density at radius 1 is 1.05 bits per heavy atom. The predicted molar refractivity (Wildman–Crippen MR) is 146 cm³/mol. The molecule has 0 saturated heterocycles. The smallest absolute Gasteiger partial charge is 0.333 e. The van der Waals surface area contributed by atoms with E-state index >= 15 is 0 Å². The summed E-state index contributed by atoms with van der Waals surface area (Å²) >= 11 is 0. The van der Waals surface area contributed by atoms with Crippen molar-refractivity contribution in [3.8, 4) is 28.3 Å². The summed E-state index contributed by atoms with van der Waals surface area (Å²) in [5.41, 5.74) is 7.46. The summed E-state index contributed by atoms with van der Waals surface area (Å²) in [6, 6.07) is 3.33. The summed E-state index contributed by atoms with van der Waals surface area (Å²) in [6.07, 6.45) is 12.8. The number of ether oxygens (including phenoxy) is 1. The molecule has 0 aromatic carbocycles. The van der Waals surface area contributed by atoms with Crippen LogP contribution in [0.3, 0.4) is 0 Å². The van der Waals surface area contributed by atoms with Crippen molar-refractivity contribution in [3.05, 3.63) is 49.3 Å². The van der Waals surface area contributed by atoms with Gasteiger partial charge in [-0.3, -0.25) is 0 Å². The van der Waals surface area contributed by atoms with Crippen LogP contribution in [0.25, 0.3) is 22.5 Å². The Morgan fingerprint density at radius 3 is 2.51 bits per heavy atom. The van der Waals surface area contributed by atoms with Crippen LogP contribution in [-0.2, 0) is 10.0 Å². The number of rotatable bonds is 9. The standard InChI is InChI=1S/C26H29F2N9O3S/c1-26(29)7-4-18(5-8-26)40-21-10-23(31-13-20(21)16-11-32-36(14-16)25(27)28)34-22-6-9-30-24(35-22)17-12-33-37(15-17)41(38,39)19-2-3-19/h6,9-15,18-19,25H,2-5,7-8,29H2,1H3,(H,30,31,34,35). The second kappa shape index (κ2) is 10.4. The molecule has 0 unspecified atom stereocenters. The zero-order valence-electron chi connectivity index (χ0n) is 22.2. The number of nitrogens with one attached hydrogen (secondary N) is 1. The fourth-order valence-electron chi connectivity index (χ4n) is 4.73. The minimum atomic E-state index is -3.51. The molecule has 216 valence electrons. The second-order valence-electron chi connectivity index (χ2n) is 10.8. The van der Waals surface area contributed by atoms with Crippen LogP contribution in [0, 0.1) is 0 Å². The van der Waals surface area contributed by atoms with Gasteiger partial charge in [-0.05, 0) is 51.5 Å².